The molecular weight excluding hydrogens is 168 g/mol. The van der Waals surface area contributed by atoms with Crippen LogP contribution in [0.4, 0.5) is 0 Å². The summed E-state index contributed by atoms with van der Waals surface area (Å²) in [6, 6.07) is 4.74. The van der Waals surface area contributed by atoms with Gasteiger partial charge in [0.05, 0.1) is 6.10 Å². The van der Waals surface area contributed by atoms with Crippen LogP contribution in [0.1, 0.15) is 34.9 Å². The van der Waals surface area contributed by atoms with Crippen LogP contribution >= 0.6 is 0 Å². The third-order valence-corrected chi connectivity index (χ3v) is 2.36. The number of phenols is 1. The molecule has 1 atom stereocenters. The second kappa shape index (κ2) is 2.85. The largest absolute Gasteiger partial charge is 0.508 e. The van der Waals surface area contributed by atoms with Crippen LogP contribution in [0.15, 0.2) is 18.2 Å². The van der Waals surface area contributed by atoms with Crippen molar-refractivity contribution in [1.29, 1.82) is 0 Å². The fourth-order valence-corrected chi connectivity index (χ4v) is 1.69. The molecule has 1 aromatic carbocycles. The Morgan fingerprint density at radius 1 is 1.38 bits per heavy atom. The predicted molar refractivity (Wildman–Crippen MR) is 46.6 cm³/mol. The standard InChI is InChI=1S/C10H10O3/c11-7-4-5-9(13)10-6(7)2-1-3-8(10)12/h1-3,9,12-13H,4-5H2/t9-/m0/s1. The average Bonchev–Trinajstić information content (AvgIpc) is 2.12. The molecule has 0 radical (unpaired) electrons. The van der Waals surface area contributed by atoms with E-state index in [1.54, 1.807) is 12.1 Å². The Balaban J connectivity index is 2.63. The summed E-state index contributed by atoms with van der Waals surface area (Å²) in [5.41, 5.74) is 0.845. The number of Topliss-reactive ketones (excluding diaryl/α,β-unsaturated/α-hetero) is 1. The maximum atomic E-state index is 11.4. The van der Waals surface area contributed by atoms with Crippen LogP contribution in [-0.4, -0.2) is 16.0 Å². The molecule has 2 N–H and O–H groups in total. The fourth-order valence-electron chi connectivity index (χ4n) is 1.69. The van der Waals surface area contributed by atoms with Crippen molar-refractivity contribution in [3.63, 3.8) is 0 Å². The first-order valence-electron chi connectivity index (χ1n) is 4.23. The zero-order chi connectivity index (χ0) is 9.42. The van der Waals surface area contributed by atoms with Gasteiger partial charge >= 0.3 is 0 Å². The normalized spacial score (nSPS) is 21.3. The lowest BCUT2D eigenvalue weighted by molar-refractivity contribution is 0.0892. The van der Waals surface area contributed by atoms with Crippen LogP contribution in [0.25, 0.3) is 0 Å². The molecule has 0 saturated heterocycles. The van der Waals surface area contributed by atoms with Crippen molar-refractivity contribution in [3.05, 3.63) is 29.3 Å². The Morgan fingerprint density at radius 2 is 2.15 bits per heavy atom. The monoisotopic (exact) mass is 178 g/mol. The first-order chi connectivity index (χ1) is 6.20. The van der Waals surface area contributed by atoms with Crippen LogP contribution < -0.4 is 0 Å². The molecule has 0 saturated carbocycles. The van der Waals surface area contributed by atoms with Crippen LogP contribution in [-0.2, 0) is 0 Å². The van der Waals surface area contributed by atoms with Gasteiger partial charge in [0.15, 0.2) is 5.78 Å². The van der Waals surface area contributed by atoms with Gasteiger partial charge in [0.25, 0.3) is 0 Å². The Labute approximate surface area is 75.6 Å². The van der Waals surface area contributed by atoms with Gasteiger partial charge in [0.2, 0.25) is 0 Å². The summed E-state index contributed by atoms with van der Waals surface area (Å²) in [6.07, 6.45) is 0.0648. The number of carbonyl (C=O) groups is 1. The van der Waals surface area contributed by atoms with Crippen LogP contribution in [0.3, 0.4) is 0 Å². The molecule has 1 aromatic rings. The first kappa shape index (κ1) is 8.26. The number of carbonyl (C=O) groups excluding carboxylic acids is 1. The van der Waals surface area contributed by atoms with E-state index >= 15 is 0 Å². The van der Waals surface area contributed by atoms with Crippen molar-refractivity contribution in [2.45, 2.75) is 18.9 Å². The Morgan fingerprint density at radius 3 is 2.85 bits per heavy atom. The highest BCUT2D eigenvalue weighted by molar-refractivity contribution is 5.99. The van der Waals surface area contributed by atoms with Gasteiger partial charge in [-0.15, -0.1) is 0 Å². The lowest BCUT2D eigenvalue weighted by atomic mass is 9.88. The molecule has 68 valence electrons. The molecule has 2 rings (SSSR count). The maximum Gasteiger partial charge on any atom is 0.163 e. The van der Waals surface area contributed by atoms with Crippen molar-refractivity contribution in [3.8, 4) is 5.75 Å². The minimum atomic E-state index is -0.700. The number of aliphatic hydroxyl groups excluding tert-OH is 1. The molecule has 13 heavy (non-hydrogen) atoms. The van der Waals surface area contributed by atoms with Gasteiger partial charge in [-0.3, -0.25) is 4.79 Å². The molecular formula is C10H10O3. The smallest absolute Gasteiger partial charge is 0.163 e. The first-order valence-corrected chi connectivity index (χ1v) is 4.23. The van der Waals surface area contributed by atoms with E-state index in [0.717, 1.165) is 0 Å². The molecule has 0 fully saturated rings. The molecule has 3 nitrogen and oxygen atoms in total. The van der Waals surface area contributed by atoms with E-state index in [-0.39, 0.29) is 11.5 Å². The Hall–Kier alpha value is -1.35. The third-order valence-electron chi connectivity index (χ3n) is 2.36. The molecule has 0 aromatic heterocycles. The number of aromatic hydroxyl groups is 1. The summed E-state index contributed by atoms with van der Waals surface area (Å²) in [5.74, 6) is 0.00856. The number of aliphatic hydroxyl groups is 1. The van der Waals surface area contributed by atoms with Gasteiger partial charge in [0, 0.05) is 17.5 Å². The van der Waals surface area contributed by atoms with Crippen molar-refractivity contribution >= 4 is 5.78 Å². The van der Waals surface area contributed by atoms with E-state index in [4.69, 9.17) is 0 Å². The van der Waals surface area contributed by atoms with Crippen LogP contribution in [0.2, 0.25) is 0 Å². The SMILES string of the molecule is O=C1CC[C@H](O)c2c(O)cccc21. The quantitative estimate of drug-likeness (QED) is 0.631. The summed E-state index contributed by atoms with van der Waals surface area (Å²) in [6.45, 7) is 0. The van der Waals surface area contributed by atoms with Crippen molar-refractivity contribution in [2.24, 2.45) is 0 Å². The van der Waals surface area contributed by atoms with E-state index in [2.05, 4.69) is 0 Å². The van der Waals surface area contributed by atoms with E-state index in [1.807, 2.05) is 0 Å². The second-order valence-corrected chi connectivity index (χ2v) is 3.22. The van der Waals surface area contributed by atoms with Gasteiger partial charge in [-0.2, -0.15) is 0 Å². The lowest BCUT2D eigenvalue weighted by Crippen LogP contribution is -2.15. The van der Waals surface area contributed by atoms with Crippen molar-refractivity contribution in [1.82, 2.24) is 0 Å². The van der Waals surface area contributed by atoms with E-state index in [0.29, 0.717) is 24.0 Å². The molecule has 0 aliphatic heterocycles. The van der Waals surface area contributed by atoms with Crippen LogP contribution in [0, 0.1) is 0 Å². The molecule has 1 aliphatic rings. The zero-order valence-corrected chi connectivity index (χ0v) is 7.03. The molecule has 0 heterocycles. The molecule has 0 bridgehead atoms. The van der Waals surface area contributed by atoms with E-state index in [9.17, 15) is 15.0 Å². The predicted octanol–water partition coefficient (Wildman–Crippen LogP) is 1.40. The Bertz CT molecular complexity index is 357. The maximum absolute atomic E-state index is 11.4. The minimum Gasteiger partial charge on any atom is -0.508 e. The van der Waals surface area contributed by atoms with Gasteiger partial charge in [-0.1, -0.05) is 12.1 Å². The number of hydrogen-bond acceptors (Lipinski definition) is 3. The van der Waals surface area contributed by atoms with Gasteiger partial charge in [0.1, 0.15) is 5.75 Å². The highest BCUT2D eigenvalue weighted by Gasteiger charge is 2.26. The van der Waals surface area contributed by atoms with Crippen molar-refractivity contribution < 1.29 is 15.0 Å². The lowest BCUT2D eigenvalue weighted by Gasteiger charge is -2.20. The van der Waals surface area contributed by atoms with Crippen molar-refractivity contribution in [2.75, 3.05) is 0 Å². The number of fused-ring (bicyclic) bond motifs is 1. The minimum absolute atomic E-state index is 0.00352. The fraction of sp³-hybridized carbons (Fsp3) is 0.300. The molecule has 0 amide bonds. The second-order valence-electron chi connectivity index (χ2n) is 3.22. The summed E-state index contributed by atoms with van der Waals surface area (Å²) in [5, 5.41) is 19.0. The number of hydrogen-bond donors (Lipinski definition) is 2. The molecule has 0 unspecified atom stereocenters. The Kier molecular flexibility index (Phi) is 1.81. The number of ketones is 1. The third kappa shape index (κ3) is 1.21. The van der Waals surface area contributed by atoms with Crippen LogP contribution in [0.5, 0.6) is 5.75 Å². The zero-order valence-electron chi connectivity index (χ0n) is 7.03. The molecule has 0 spiro atoms. The number of benzene rings is 1. The van der Waals surface area contributed by atoms with Gasteiger partial charge < -0.3 is 10.2 Å². The summed E-state index contributed by atoms with van der Waals surface area (Å²) in [4.78, 5) is 11.4. The highest BCUT2D eigenvalue weighted by Crippen LogP contribution is 2.35. The summed E-state index contributed by atoms with van der Waals surface area (Å²) in [7, 11) is 0. The summed E-state index contributed by atoms with van der Waals surface area (Å²) < 4.78 is 0. The number of phenolic OH excluding ortho intramolecular Hbond substituents is 1. The molecule has 1 aliphatic carbocycles. The summed E-state index contributed by atoms with van der Waals surface area (Å²) >= 11 is 0. The van der Waals surface area contributed by atoms with E-state index in [1.165, 1.54) is 6.07 Å². The topological polar surface area (TPSA) is 57.5 Å². The molecule has 3 heteroatoms. The van der Waals surface area contributed by atoms with E-state index < -0.39 is 6.10 Å². The average molecular weight is 178 g/mol. The van der Waals surface area contributed by atoms with Gasteiger partial charge in [-0.25, -0.2) is 0 Å². The number of rotatable bonds is 0. The van der Waals surface area contributed by atoms with Gasteiger partial charge in [-0.05, 0) is 12.5 Å². The highest BCUT2D eigenvalue weighted by atomic mass is 16.3.